The van der Waals surface area contributed by atoms with E-state index >= 15 is 0 Å². The van der Waals surface area contributed by atoms with Crippen LogP contribution in [0.2, 0.25) is 0 Å². The minimum absolute atomic E-state index is 0.0104. The summed E-state index contributed by atoms with van der Waals surface area (Å²) in [5.74, 6) is -1.71. The summed E-state index contributed by atoms with van der Waals surface area (Å²) in [6.45, 7) is 5.37. The first-order valence-electron chi connectivity index (χ1n) is 14.2. The monoisotopic (exact) mass is 622 g/mol. The quantitative estimate of drug-likeness (QED) is 0.0834. The van der Waals surface area contributed by atoms with Crippen LogP contribution in [0.25, 0.3) is 0 Å². The first-order chi connectivity index (χ1) is 20.9. The van der Waals surface area contributed by atoms with Crippen molar-refractivity contribution in [2.75, 3.05) is 27.4 Å². The lowest BCUT2D eigenvalue weighted by Gasteiger charge is -2.39. The summed E-state index contributed by atoms with van der Waals surface area (Å²) in [6.07, 6.45) is -1.94. The molecule has 0 aliphatic carbocycles. The number of ketones is 2. The average Bonchev–Trinajstić information content (AvgIpc) is 2.95. The Morgan fingerprint density at radius 3 is 2.30 bits per heavy atom. The Balaban J connectivity index is 2.27. The van der Waals surface area contributed by atoms with Crippen molar-refractivity contribution in [1.29, 1.82) is 0 Å². The molecule has 1 aromatic carbocycles. The number of ether oxygens (including phenoxy) is 7. The third kappa shape index (κ3) is 11.8. The minimum Gasteiger partial charge on any atom is -0.507 e. The predicted molar refractivity (Wildman–Crippen MR) is 154 cm³/mol. The number of hydrogen-bond donors (Lipinski definition) is 1. The van der Waals surface area contributed by atoms with Gasteiger partial charge in [0, 0.05) is 59.0 Å². The molecule has 13 heteroatoms. The van der Waals surface area contributed by atoms with Crippen LogP contribution >= 0.6 is 0 Å². The molecule has 1 N–H and O–H groups in total. The van der Waals surface area contributed by atoms with Crippen molar-refractivity contribution in [3.8, 4) is 5.75 Å². The van der Waals surface area contributed by atoms with Crippen molar-refractivity contribution in [2.24, 2.45) is 0 Å². The van der Waals surface area contributed by atoms with Gasteiger partial charge in [-0.2, -0.15) is 0 Å². The first kappa shape index (κ1) is 36.5. The second kappa shape index (κ2) is 18.2. The predicted octanol–water partition coefficient (Wildman–Crippen LogP) is 3.09. The Morgan fingerprint density at radius 1 is 1.00 bits per heavy atom. The third-order valence-corrected chi connectivity index (χ3v) is 6.83. The Morgan fingerprint density at radius 2 is 1.70 bits per heavy atom. The molecular formula is C31H42O13. The van der Waals surface area contributed by atoms with Gasteiger partial charge in [0.05, 0.1) is 23.5 Å². The number of phenols is 1. The number of rotatable bonds is 18. The summed E-state index contributed by atoms with van der Waals surface area (Å²) < 4.78 is 40.2. The lowest BCUT2D eigenvalue weighted by Crippen LogP contribution is -2.50. The van der Waals surface area contributed by atoms with Gasteiger partial charge in [0.25, 0.3) is 0 Å². The SMILES string of the molecule is COC(CCC(C)=O)[C@@H](O[C@@H]1CC(OC(C)=O)CC(COC(C)=O)O1)C(CO/C(C)=C/C(=O)c1cccc(O)c1C=O)OC. The molecular weight excluding hydrogens is 580 g/mol. The molecule has 6 atom stereocenters. The highest BCUT2D eigenvalue weighted by Gasteiger charge is 2.39. The molecule has 1 aromatic rings. The largest absolute Gasteiger partial charge is 0.507 e. The van der Waals surface area contributed by atoms with Crippen LogP contribution in [0.15, 0.2) is 30.0 Å². The van der Waals surface area contributed by atoms with Crippen molar-refractivity contribution >= 4 is 29.8 Å². The van der Waals surface area contributed by atoms with E-state index in [0.717, 1.165) is 0 Å². The van der Waals surface area contributed by atoms with Crippen molar-refractivity contribution in [2.45, 2.75) is 90.2 Å². The second-order valence-electron chi connectivity index (χ2n) is 10.4. The number of benzene rings is 1. The summed E-state index contributed by atoms with van der Waals surface area (Å²) in [5.41, 5.74) is -0.124. The zero-order chi connectivity index (χ0) is 32.8. The van der Waals surface area contributed by atoms with Gasteiger partial charge in [-0.15, -0.1) is 0 Å². The molecule has 1 saturated heterocycles. The molecule has 1 fully saturated rings. The Labute approximate surface area is 256 Å². The number of hydrogen-bond acceptors (Lipinski definition) is 13. The van der Waals surface area contributed by atoms with E-state index in [1.807, 2.05) is 0 Å². The van der Waals surface area contributed by atoms with Crippen LogP contribution in [0.5, 0.6) is 5.75 Å². The van der Waals surface area contributed by atoms with Gasteiger partial charge in [-0.25, -0.2) is 0 Å². The van der Waals surface area contributed by atoms with Crippen LogP contribution in [0.3, 0.4) is 0 Å². The summed E-state index contributed by atoms with van der Waals surface area (Å²) in [5, 5.41) is 9.91. The fraction of sp³-hybridized carbons (Fsp3) is 0.581. The Hall–Kier alpha value is -3.65. The van der Waals surface area contributed by atoms with Crippen molar-refractivity contribution in [3.05, 3.63) is 41.2 Å². The van der Waals surface area contributed by atoms with E-state index in [-0.39, 0.29) is 67.3 Å². The molecule has 2 rings (SSSR count). The second-order valence-corrected chi connectivity index (χ2v) is 10.4. The van der Waals surface area contributed by atoms with Gasteiger partial charge in [-0.05, 0) is 26.3 Å². The Kier molecular flexibility index (Phi) is 15.1. The molecule has 0 radical (unpaired) electrons. The summed E-state index contributed by atoms with van der Waals surface area (Å²) >= 11 is 0. The number of allylic oxidation sites excluding steroid dienone is 2. The van der Waals surface area contributed by atoms with Crippen LogP contribution in [-0.2, 0) is 47.5 Å². The molecule has 244 valence electrons. The van der Waals surface area contributed by atoms with E-state index in [1.54, 1.807) is 6.92 Å². The van der Waals surface area contributed by atoms with Crippen LogP contribution in [0.1, 0.15) is 74.1 Å². The van der Waals surface area contributed by atoms with Crippen molar-refractivity contribution in [3.63, 3.8) is 0 Å². The molecule has 13 nitrogen and oxygen atoms in total. The van der Waals surface area contributed by atoms with Crippen molar-refractivity contribution in [1.82, 2.24) is 0 Å². The van der Waals surface area contributed by atoms with Crippen LogP contribution in [-0.4, -0.2) is 99.1 Å². The minimum atomic E-state index is -0.933. The standard InChI is InChI=1S/C31H42O13/c1-18(33)10-11-28(38-5)31(44-30-14-22(42-21(4)35)13-23(43-30)16-41-20(3)34)29(39-6)17-40-19(2)12-27(37)24-8-7-9-26(36)25(24)15-32/h7-9,12,15,22-23,28-31,36H,10-11,13-14,16-17H2,1-6H3/b19-12+/t22?,23?,28?,29?,30-,31-/m1/s1. The maximum absolute atomic E-state index is 12.8. The zero-order valence-electron chi connectivity index (χ0n) is 25.9. The first-order valence-corrected chi connectivity index (χ1v) is 14.2. The van der Waals surface area contributed by atoms with Gasteiger partial charge in [0.2, 0.25) is 0 Å². The van der Waals surface area contributed by atoms with E-state index < -0.39 is 54.5 Å². The number of Topliss-reactive ketones (excluding diaryl/α,β-unsaturated/α-hetero) is 1. The number of aldehydes is 1. The Bertz CT molecular complexity index is 1180. The van der Waals surface area contributed by atoms with Gasteiger partial charge < -0.3 is 43.1 Å². The smallest absolute Gasteiger partial charge is 0.302 e. The van der Waals surface area contributed by atoms with Gasteiger partial charge in [-0.1, -0.05) is 12.1 Å². The fourth-order valence-corrected chi connectivity index (χ4v) is 4.72. The number of carbonyl (C=O) groups excluding carboxylic acids is 5. The molecule has 4 unspecified atom stereocenters. The van der Waals surface area contributed by atoms with E-state index in [1.165, 1.54) is 59.3 Å². The van der Waals surface area contributed by atoms with Gasteiger partial charge in [0.1, 0.15) is 43.1 Å². The molecule has 0 saturated carbocycles. The highest BCUT2D eigenvalue weighted by Crippen LogP contribution is 2.28. The molecule has 44 heavy (non-hydrogen) atoms. The van der Waals surface area contributed by atoms with E-state index in [9.17, 15) is 29.1 Å². The zero-order valence-corrected chi connectivity index (χ0v) is 25.9. The summed E-state index contributed by atoms with van der Waals surface area (Å²) in [6, 6.07) is 4.17. The van der Waals surface area contributed by atoms with E-state index in [0.29, 0.717) is 6.29 Å². The topological polar surface area (TPSA) is 170 Å². The van der Waals surface area contributed by atoms with Crippen LogP contribution in [0, 0.1) is 0 Å². The number of carbonyl (C=O) groups is 5. The van der Waals surface area contributed by atoms with Gasteiger partial charge in [-0.3, -0.25) is 19.2 Å². The molecule has 0 aromatic heterocycles. The molecule has 1 heterocycles. The molecule has 0 spiro atoms. The van der Waals surface area contributed by atoms with Gasteiger partial charge >= 0.3 is 11.9 Å². The van der Waals surface area contributed by atoms with Crippen LogP contribution in [0.4, 0.5) is 0 Å². The van der Waals surface area contributed by atoms with Crippen LogP contribution < -0.4 is 0 Å². The highest BCUT2D eigenvalue weighted by atomic mass is 16.7. The maximum Gasteiger partial charge on any atom is 0.302 e. The number of phenolic OH excluding ortho intramolecular Hbond substituents is 1. The number of methoxy groups -OCH3 is 2. The van der Waals surface area contributed by atoms with E-state index in [2.05, 4.69) is 0 Å². The summed E-state index contributed by atoms with van der Waals surface area (Å²) in [4.78, 5) is 59.1. The third-order valence-electron chi connectivity index (χ3n) is 6.83. The van der Waals surface area contributed by atoms with Crippen molar-refractivity contribution < 1.29 is 62.2 Å². The lowest BCUT2D eigenvalue weighted by molar-refractivity contribution is -0.271. The molecule has 0 bridgehead atoms. The summed E-state index contributed by atoms with van der Waals surface area (Å²) in [7, 11) is 2.90. The number of aromatic hydroxyl groups is 1. The average molecular weight is 623 g/mol. The fourth-order valence-electron chi connectivity index (χ4n) is 4.72. The van der Waals surface area contributed by atoms with E-state index in [4.69, 9.17) is 33.2 Å². The molecule has 1 aliphatic rings. The van der Waals surface area contributed by atoms with Gasteiger partial charge in [0.15, 0.2) is 18.4 Å². The molecule has 1 aliphatic heterocycles. The highest BCUT2D eigenvalue weighted by molar-refractivity contribution is 6.10. The lowest BCUT2D eigenvalue weighted by atomic mass is 10.0. The normalized spacial score (nSPS) is 20.6. The molecule has 0 amide bonds. The number of esters is 2. The maximum atomic E-state index is 12.8.